The van der Waals surface area contributed by atoms with Crippen molar-refractivity contribution in [1.29, 1.82) is 0 Å². The molecule has 0 atom stereocenters. The van der Waals surface area contributed by atoms with Gasteiger partial charge in [0.2, 0.25) is 5.91 Å². The molecule has 1 aliphatic heterocycles. The van der Waals surface area contributed by atoms with E-state index in [1.54, 1.807) is 31.4 Å². The van der Waals surface area contributed by atoms with Crippen LogP contribution < -0.4 is 10.6 Å². The van der Waals surface area contributed by atoms with Crippen molar-refractivity contribution in [2.24, 2.45) is 4.99 Å². The number of hydrogen-bond donors (Lipinski definition) is 4. The molecule has 0 unspecified atom stereocenters. The number of piperazine rings is 1. The minimum Gasteiger partial charge on any atom is -0.478 e. The van der Waals surface area contributed by atoms with Crippen molar-refractivity contribution in [3.8, 4) is 0 Å². The number of nitrogens with zero attached hydrogens (tertiary/aromatic N) is 3. The second kappa shape index (κ2) is 16.1. The lowest BCUT2D eigenvalue weighted by Gasteiger charge is -2.36. The van der Waals surface area contributed by atoms with E-state index >= 15 is 0 Å². The maximum atomic E-state index is 13.0. The smallest absolute Gasteiger partial charge is 0.478 e. The van der Waals surface area contributed by atoms with Crippen molar-refractivity contribution >= 4 is 35.2 Å². The van der Waals surface area contributed by atoms with Gasteiger partial charge in [-0.1, -0.05) is 6.07 Å². The monoisotopic (exact) mass is 585 g/mol. The normalized spacial score (nSPS) is 14.1. The molecular weight excluding hydrogens is 554 g/mol. The number of hydrogen-bond acceptors (Lipinski definition) is 6. The molecule has 1 saturated heterocycles. The highest BCUT2D eigenvalue weighted by atomic mass is 19.4. The minimum atomic E-state index is -5.08. The standard InChI is InChI=1S/C24H30FN5O4.C2HF3O2/c1-34-15-3-10-26-24(28-21-5-2-4-18(16-21)23(32)33)30-13-11-29(12-14-30)17-22(31)27-20-8-6-19(25)7-9-20;3-2(4,5)1(6)7/h2,4-9,16H,3,10-15,17H2,1H3,(H,26,28)(H,27,31)(H,32,33);(H,6,7). The van der Waals surface area contributed by atoms with Crippen molar-refractivity contribution in [2.75, 3.05) is 63.6 Å². The summed E-state index contributed by atoms with van der Waals surface area (Å²) in [6, 6.07) is 12.3. The predicted octanol–water partition coefficient (Wildman–Crippen LogP) is 3.22. The molecule has 11 nitrogen and oxygen atoms in total. The second-order valence-corrected chi connectivity index (χ2v) is 8.68. The molecule has 41 heavy (non-hydrogen) atoms. The van der Waals surface area contributed by atoms with Gasteiger partial charge in [-0.05, 0) is 48.9 Å². The third-order valence-corrected chi connectivity index (χ3v) is 5.54. The summed E-state index contributed by atoms with van der Waals surface area (Å²) in [7, 11) is 1.64. The number of guanidine groups is 1. The van der Waals surface area contributed by atoms with E-state index in [1.807, 2.05) is 4.90 Å². The Kier molecular flexibility index (Phi) is 13.0. The predicted molar refractivity (Wildman–Crippen MR) is 143 cm³/mol. The molecule has 2 aromatic carbocycles. The number of anilines is 2. The number of carboxylic acids is 2. The average Bonchev–Trinajstić information content (AvgIpc) is 2.92. The Balaban J connectivity index is 0.000000745. The van der Waals surface area contributed by atoms with Gasteiger partial charge in [-0.2, -0.15) is 13.2 Å². The van der Waals surface area contributed by atoms with Gasteiger partial charge in [0.25, 0.3) is 0 Å². The number of carbonyl (C=O) groups excluding carboxylic acids is 1. The molecule has 0 aliphatic carbocycles. The lowest BCUT2D eigenvalue weighted by atomic mass is 10.2. The van der Waals surface area contributed by atoms with E-state index < -0.39 is 18.1 Å². The molecule has 0 aromatic heterocycles. The van der Waals surface area contributed by atoms with Crippen LogP contribution in [0.2, 0.25) is 0 Å². The molecule has 0 radical (unpaired) electrons. The van der Waals surface area contributed by atoms with Gasteiger partial charge in [0, 0.05) is 57.8 Å². The number of ether oxygens (including phenoxy) is 1. The van der Waals surface area contributed by atoms with Gasteiger partial charge in [-0.3, -0.25) is 14.7 Å². The number of carbonyl (C=O) groups is 3. The topological polar surface area (TPSA) is 144 Å². The molecule has 0 spiro atoms. The first-order valence-electron chi connectivity index (χ1n) is 12.4. The summed E-state index contributed by atoms with van der Waals surface area (Å²) < 4.78 is 49.9. The maximum absolute atomic E-state index is 13.0. The molecule has 3 rings (SSSR count). The number of amides is 1. The van der Waals surface area contributed by atoms with Gasteiger partial charge >= 0.3 is 18.1 Å². The zero-order valence-electron chi connectivity index (χ0n) is 22.2. The Morgan fingerprint density at radius 2 is 1.61 bits per heavy atom. The Bertz CT molecular complexity index is 1190. The number of aliphatic carboxylic acids is 1. The summed E-state index contributed by atoms with van der Waals surface area (Å²) >= 11 is 0. The lowest BCUT2D eigenvalue weighted by Crippen LogP contribution is -2.52. The van der Waals surface area contributed by atoms with Crippen LogP contribution >= 0.6 is 0 Å². The van der Waals surface area contributed by atoms with Crippen LogP contribution in [0.25, 0.3) is 0 Å². The maximum Gasteiger partial charge on any atom is 0.490 e. The summed E-state index contributed by atoms with van der Waals surface area (Å²) in [6.07, 6.45) is -4.32. The van der Waals surface area contributed by atoms with Crippen molar-refractivity contribution in [3.05, 3.63) is 59.9 Å². The largest absolute Gasteiger partial charge is 0.490 e. The Hall–Kier alpha value is -4.24. The molecule has 1 aliphatic rings. The van der Waals surface area contributed by atoms with Crippen LogP contribution in [0.1, 0.15) is 16.8 Å². The van der Waals surface area contributed by atoms with E-state index in [-0.39, 0.29) is 23.8 Å². The fraction of sp³-hybridized carbons (Fsp3) is 0.385. The van der Waals surface area contributed by atoms with Crippen LogP contribution in [0, 0.1) is 5.82 Å². The summed E-state index contributed by atoms with van der Waals surface area (Å²) in [6.45, 7) is 4.02. The third kappa shape index (κ3) is 12.2. The van der Waals surface area contributed by atoms with E-state index in [9.17, 15) is 32.3 Å². The fourth-order valence-corrected chi connectivity index (χ4v) is 3.53. The number of carboxylic acid groups (broad SMARTS) is 2. The highest BCUT2D eigenvalue weighted by Gasteiger charge is 2.38. The SMILES string of the molecule is COCCCN=C(Nc1cccc(C(=O)O)c1)N1CCN(CC(=O)Nc2ccc(F)cc2)CC1.O=C(O)C(F)(F)F. The molecule has 15 heteroatoms. The molecular formula is C26H31F4N5O6. The Morgan fingerprint density at radius 1 is 0.976 bits per heavy atom. The molecule has 2 aromatic rings. The molecule has 1 amide bonds. The van der Waals surface area contributed by atoms with Crippen LogP contribution in [0.15, 0.2) is 53.5 Å². The molecule has 0 saturated carbocycles. The van der Waals surface area contributed by atoms with E-state index in [0.29, 0.717) is 56.7 Å². The van der Waals surface area contributed by atoms with Crippen molar-refractivity contribution in [3.63, 3.8) is 0 Å². The average molecular weight is 586 g/mol. The van der Waals surface area contributed by atoms with Crippen molar-refractivity contribution in [2.45, 2.75) is 12.6 Å². The number of nitrogens with one attached hydrogen (secondary N) is 2. The molecule has 1 heterocycles. The third-order valence-electron chi connectivity index (χ3n) is 5.54. The zero-order valence-corrected chi connectivity index (χ0v) is 22.2. The van der Waals surface area contributed by atoms with Crippen molar-refractivity contribution < 1.29 is 46.9 Å². The van der Waals surface area contributed by atoms with Gasteiger partial charge in [0.15, 0.2) is 5.96 Å². The zero-order chi connectivity index (χ0) is 30.4. The van der Waals surface area contributed by atoms with Crippen molar-refractivity contribution in [1.82, 2.24) is 9.80 Å². The van der Waals surface area contributed by atoms with E-state index in [2.05, 4.69) is 20.5 Å². The van der Waals surface area contributed by atoms with E-state index in [4.69, 9.17) is 14.6 Å². The molecule has 4 N–H and O–H groups in total. The summed E-state index contributed by atoms with van der Waals surface area (Å²) in [5, 5.41) is 22.4. The first kappa shape index (κ1) is 33.0. The van der Waals surface area contributed by atoms with Crippen LogP contribution in [-0.4, -0.2) is 103 Å². The second-order valence-electron chi connectivity index (χ2n) is 8.68. The quantitative estimate of drug-likeness (QED) is 0.151. The van der Waals surface area contributed by atoms with Crippen LogP contribution in [0.3, 0.4) is 0 Å². The van der Waals surface area contributed by atoms with Gasteiger partial charge in [-0.15, -0.1) is 0 Å². The number of halogens is 4. The number of aliphatic imine (C=N–C) groups is 1. The number of benzene rings is 2. The van der Waals surface area contributed by atoms with E-state index in [0.717, 1.165) is 6.42 Å². The van der Waals surface area contributed by atoms with Gasteiger partial charge in [0.1, 0.15) is 5.82 Å². The van der Waals surface area contributed by atoms with Gasteiger partial charge in [-0.25, -0.2) is 14.0 Å². The summed E-state index contributed by atoms with van der Waals surface area (Å²) in [5.74, 6) is -3.59. The molecule has 1 fully saturated rings. The summed E-state index contributed by atoms with van der Waals surface area (Å²) in [4.78, 5) is 41.4. The lowest BCUT2D eigenvalue weighted by molar-refractivity contribution is -0.192. The number of methoxy groups -OCH3 is 1. The fourth-order valence-electron chi connectivity index (χ4n) is 3.53. The number of aromatic carboxylic acids is 1. The minimum absolute atomic E-state index is 0.155. The number of alkyl halides is 3. The van der Waals surface area contributed by atoms with Crippen LogP contribution in [-0.2, 0) is 14.3 Å². The number of rotatable bonds is 9. The van der Waals surface area contributed by atoms with Gasteiger partial charge < -0.3 is 30.5 Å². The Labute approximate surface area is 233 Å². The molecule has 0 bridgehead atoms. The van der Waals surface area contributed by atoms with Crippen LogP contribution in [0.5, 0.6) is 0 Å². The van der Waals surface area contributed by atoms with Crippen LogP contribution in [0.4, 0.5) is 28.9 Å². The van der Waals surface area contributed by atoms with Gasteiger partial charge in [0.05, 0.1) is 12.1 Å². The highest BCUT2D eigenvalue weighted by Crippen LogP contribution is 2.14. The Morgan fingerprint density at radius 3 is 2.17 bits per heavy atom. The molecule has 224 valence electrons. The first-order valence-corrected chi connectivity index (χ1v) is 12.4. The van der Waals surface area contributed by atoms with E-state index in [1.165, 1.54) is 24.3 Å². The first-order chi connectivity index (χ1) is 19.4. The highest BCUT2D eigenvalue weighted by molar-refractivity contribution is 5.96. The summed E-state index contributed by atoms with van der Waals surface area (Å²) in [5.41, 5.74) is 1.40.